The smallest absolute Gasteiger partial charge is 0.225 e. The summed E-state index contributed by atoms with van der Waals surface area (Å²) in [5.41, 5.74) is 1.00. The average Bonchev–Trinajstić information content (AvgIpc) is 2.49. The van der Waals surface area contributed by atoms with Crippen LogP contribution in [0.1, 0.15) is 40.5 Å². The van der Waals surface area contributed by atoms with Crippen LogP contribution in [0.2, 0.25) is 0 Å². The van der Waals surface area contributed by atoms with E-state index in [1.54, 1.807) is 0 Å². The van der Waals surface area contributed by atoms with E-state index in [1.807, 2.05) is 6.07 Å². The van der Waals surface area contributed by atoms with E-state index in [2.05, 4.69) is 61.1 Å². The molecule has 0 radical (unpaired) electrons. The quantitative estimate of drug-likeness (QED) is 0.832. The molecule has 1 aromatic heterocycles. The minimum absolute atomic E-state index is 0.419. The molecule has 1 N–H and O–H groups in total. The van der Waals surface area contributed by atoms with Crippen molar-refractivity contribution in [3.8, 4) is 0 Å². The van der Waals surface area contributed by atoms with Gasteiger partial charge in [0.05, 0.1) is 5.52 Å². The first-order valence-electron chi connectivity index (χ1n) is 7.94. The summed E-state index contributed by atoms with van der Waals surface area (Å²) in [7, 11) is 0. The van der Waals surface area contributed by atoms with Gasteiger partial charge in [-0.25, -0.2) is 4.98 Å². The topological polar surface area (TPSA) is 41.1 Å². The fraction of sp³-hybridized carbons (Fsp3) is 0.529. The molecule has 0 saturated carbocycles. The van der Waals surface area contributed by atoms with Gasteiger partial charge in [-0.15, -0.1) is 0 Å². The molecule has 0 aliphatic rings. The summed E-state index contributed by atoms with van der Waals surface area (Å²) in [6.45, 7) is 10.7. The Bertz CT molecular complexity index is 580. The third-order valence-electron chi connectivity index (χ3n) is 3.48. The summed E-state index contributed by atoms with van der Waals surface area (Å²) in [5.74, 6) is 1.77. The van der Waals surface area contributed by atoms with Gasteiger partial charge in [-0.05, 0) is 38.8 Å². The molecule has 0 amide bonds. The van der Waals surface area contributed by atoms with E-state index in [-0.39, 0.29) is 0 Å². The zero-order valence-electron chi connectivity index (χ0n) is 13.6. The highest BCUT2D eigenvalue weighted by atomic mass is 15.2. The van der Waals surface area contributed by atoms with Gasteiger partial charge >= 0.3 is 0 Å². The van der Waals surface area contributed by atoms with Crippen LogP contribution in [0, 0.1) is 0 Å². The summed E-state index contributed by atoms with van der Waals surface area (Å²) < 4.78 is 0. The zero-order valence-corrected chi connectivity index (χ0v) is 13.6. The van der Waals surface area contributed by atoms with E-state index in [0.29, 0.717) is 6.04 Å². The highest BCUT2D eigenvalue weighted by Gasteiger charge is 2.16. The second-order valence-corrected chi connectivity index (χ2v) is 5.60. The third-order valence-corrected chi connectivity index (χ3v) is 3.48. The molecule has 0 saturated heterocycles. The van der Waals surface area contributed by atoms with Gasteiger partial charge in [-0.3, -0.25) is 0 Å². The van der Waals surface area contributed by atoms with Gasteiger partial charge in [0.2, 0.25) is 5.95 Å². The monoisotopic (exact) mass is 286 g/mol. The van der Waals surface area contributed by atoms with Crippen LogP contribution in [0.25, 0.3) is 10.9 Å². The standard InChI is InChI=1S/C17H26N4/c1-5-11-18-17-19-15-10-8-7-9-14(15)16(20-17)21(12-6-2)13(3)4/h7-10,13H,5-6,11-12H2,1-4H3,(H,18,19,20). The van der Waals surface area contributed by atoms with Crippen molar-refractivity contribution in [1.82, 2.24) is 9.97 Å². The minimum Gasteiger partial charge on any atom is -0.354 e. The fourth-order valence-electron chi connectivity index (χ4n) is 2.44. The largest absolute Gasteiger partial charge is 0.354 e. The van der Waals surface area contributed by atoms with Gasteiger partial charge in [0.1, 0.15) is 5.82 Å². The molecule has 21 heavy (non-hydrogen) atoms. The van der Waals surface area contributed by atoms with E-state index in [9.17, 15) is 0 Å². The van der Waals surface area contributed by atoms with E-state index in [1.165, 1.54) is 0 Å². The predicted octanol–water partition coefficient (Wildman–Crippen LogP) is 4.08. The summed E-state index contributed by atoms with van der Waals surface area (Å²) in [6.07, 6.45) is 2.17. The Morgan fingerprint density at radius 1 is 1.10 bits per heavy atom. The molecule has 0 bridgehead atoms. The molecule has 0 aliphatic heterocycles. The lowest BCUT2D eigenvalue weighted by molar-refractivity contribution is 0.664. The van der Waals surface area contributed by atoms with Crippen LogP contribution < -0.4 is 10.2 Å². The third kappa shape index (κ3) is 3.63. The molecule has 0 atom stereocenters. The Morgan fingerprint density at radius 2 is 1.86 bits per heavy atom. The lowest BCUT2D eigenvalue weighted by Crippen LogP contribution is -2.32. The van der Waals surface area contributed by atoms with Crippen LogP contribution in [0.15, 0.2) is 24.3 Å². The number of para-hydroxylation sites is 1. The van der Waals surface area contributed by atoms with Gasteiger partial charge in [-0.1, -0.05) is 26.0 Å². The maximum absolute atomic E-state index is 4.78. The maximum Gasteiger partial charge on any atom is 0.225 e. The fourth-order valence-corrected chi connectivity index (χ4v) is 2.44. The average molecular weight is 286 g/mol. The summed E-state index contributed by atoms with van der Waals surface area (Å²) in [5, 5.41) is 4.44. The molecule has 0 unspecified atom stereocenters. The number of rotatable bonds is 7. The van der Waals surface area contributed by atoms with Crippen molar-refractivity contribution < 1.29 is 0 Å². The molecule has 0 aliphatic carbocycles. The first-order valence-corrected chi connectivity index (χ1v) is 7.94. The van der Waals surface area contributed by atoms with Crippen molar-refractivity contribution in [3.63, 3.8) is 0 Å². The molecule has 1 aromatic carbocycles. The van der Waals surface area contributed by atoms with Crippen molar-refractivity contribution in [3.05, 3.63) is 24.3 Å². The number of hydrogen-bond donors (Lipinski definition) is 1. The number of fused-ring (bicyclic) bond motifs is 1. The molecule has 4 heteroatoms. The lowest BCUT2D eigenvalue weighted by Gasteiger charge is -2.28. The van der Waals surface area contributed by atoms with Crippen LogP contribution in [0.4, 0.5) is 11.8 Å². The number of hydrogen-bond acceptors (Lipinski definition) is 4. The van der Waals surface area contributed by atoms with E-state index in [4.69, 9.17) is 4.98 Å². The van der Waals surface area contributed by atoms with Crippen LogP contribution >= 0.6 is 0 Å². The van der Waals surface area contributed by atoms with Gasteiger partial charge in [0.25, 0.3) is 0 Å². The van der Waals surface area contributed by atoms with E-state index >= 15 is 0 Å². The number of nitrogens with one attached hydrogen (secondary N) is 1. The number of aromatic nitrogens is 2. The molecule has 0 fully saturated rings. The first kappa shape index (κ1) is 15.5. The second kappa shape index (κ2) is 7.25. The maximum atomic E-state index is 4.78. The van der Waals surface area contributed by atoms with Crippen molar-refractivity contribution in [1.29, 1.82) is 0 Å². The van der Waals surface area contributed by atoms with E-state index in [0.717, 1.165) is 48.6 Å². The summed E-state index contributed by atoms with van der Waals surface area (Å²) in [6, 6.07) is 8.67. The Labute approximate surface area is 127 Å². The Morgan fingerprint density at radius 3 is 2.52 bits per heavy atom. The molecule has 1 heterocycles. The Balaban J connectivity index is 2.52. The molecular weight excluding hydrogens is 260 g/mol. The highest BCUT2D eigenvalue weighted by Crippen LogP contribution is 2.26. The van der Waals surface area contributed by atoms with Gasteiger partial charge in [0, 0.05) is 24.5 Å². The summed E-state index contributed by atoms with van der Waals surface area (Å²) in [4.78, 5) is 11.8. The molecule has 2 aromatic rings. The Hall–Kier alpha value is -1.84. The van der Waals surface area contributed by atoms with Gasteiger partial charge in [-0.2, -0.15) is 4.98 Å². The van der Waals surface area contributed by atoms with Crippen molar-refractivity contribution in [2.45, 2.75) is 46.6 Å². The van der Waals surface area contributed by atoms with Crippen LogP contribution in [-0.4, -0.2) is 29.1 Å². The lowest BCUT2D eigenvalue weighted by atomic mass is 10.2. The number of anilines is 2. The molecule has 114 valence electrons. The molecule has 4 nitrogen and oxygen atoms in total. The zero-order chi connectivity index (χ0) is 15.2. The molecular formula is C17H26N4. The van der Waals surface area contributed by atoms with Crippen molar-refractivity contribution in [2.24, 2.45) is 0 Å². The second-order valence-electron chi connectivity index (χ2n) is 5.60. The Kier molecular flexibility index (Phi) is 5.37. The van der Waals surface area contributed by atoms with Crippen molar-refractivity contribution >= 4 is 22.7 Å². The van der Waals surface area contributed by atoms with Crippen LogP contribution in [-0.2, 0) is 0 Å². The van der Waals surface area contributed by atoms with E-state index < -0.39 is 0 Å². The normalized spacial score (nSPS) is 11.1. The summed E-state index contributed by atoms with van der Waals surface area (Å²) >= 11 is 0. The molecule has 2 rings (SSSR count). The van der Waals surface area contributed by atoms with Crippen LogP contribution in [0.5, 0.6) is 0 Å². The SMILES string of the molecule is CCCNc1nc(N(CCC)C(C)C)c2ccccc2n1. The number of benzene rings is 1. The predicted molar refractivity (Wildman–Crippen MR) is 91.1 cm³/mol. The van der Waals surface area contributed by atoms with Crippen LogP contribution in [0.3, 0.4) is 0 Å². The minimum atomic E-state index is 0.419. The number of nitrogens with zero attached hydrogens (tertiary/aromatic N) is 3. The van der Waals surface area contributed by atoms with Crippen molar-refractivity contribution in [2.75, 3.05) is 23.3 Å². The van der Waals surface area contributed by atoms with Gasteiger partial charge < -0.3 is 10.2 Å². The van der Waals surface area contributed by atoms with Gasteiger partial charge in [0.15, 0.2) is 0 Å². The first-order chi connectivity index (χ1) is 10.2. The molecule has 0 spiro atoms. The highest BCUT2D eigenvalue weighted by molar-refractivity contribution is 5.90.